The van der Waals surface area contributed by atoms with Crippen LogP contribution in [0.25, 0.3) is 0 Å². The first-order chi connectivity index (χ1) is 15.5. The monoisotopic (exact) mass is 450 g/mol. The number of nitrogens with one attached hydrogen (secondary N) is 1. The number of urea groups is 1. The molecule has 2 heterocycles. The second-order valence-electron chi connectivity index (χ2n) is 7.90. The minimum Gasteiger partial charge on any atom is -0.348 e. The summed E-state index contributed by atoms with van der Waals surface area (Å²) >= 11 is 6.53. The highest BCUT2D eigenvalue weighted by Crippen LogP contribution is 2.36. The van der Waals surface area contributed by atoms with Gasteiger partial charge in [-0.25, -0.2) is 4.79 Å². The largest absolute Gasteiger partial charge is 0.348 e. The van der Waals surface area contributed by atoms with Crippen LogP contribution in [-0.4, -0.2) is 45.9 Å². The number of para-hydroxylation sites is 1. The third-order valence-electron chi connectivity index (χ3n) is 5.94. The summed E-state index contributed by atoms with van der Waals surface area (Å²) in [6.45, 7) is 5.48. The van der Waals surface area contributed by atoms with Crippen molar-refractivity contribution in [1.82, 2.24) is 14.4 Å². The van der Waals surface area contributed by atoms with E-state index in [9.17, 15) is 9.59 Å². The molecule has 7 heteroatoms. The highest BCUT2D eigenvalue weighted by molar-refractivity contribution is 6.31. The Balaban J connectivity index is 1.56. The SMILES string of the molecule is CCN(CC(=O)N1CCn2cccc2C1c1ccccc1Cl)C(=O)Nc1ccccc1C. The van der Waals surface area contributed by atoms with E-state index in [1.807, 2.05) is 85.6 Å². The molecule has 0 fully saturated rings. The minimum atomic E-state index is -0.293. The summed E-state index contributed by atoms with van der Waals surface area (Å²) in [5, 5.41) is 3.54. The molecule has 0 spiro atoms. The van der Waals surface area contributed by atoms with Gasteiger partial charge >= 0.3 is 6.03 Å². The van der Waals surface area contributed by atoms with Crippen LogP contribution in [-0.2, 0) is 11.3 Å². The van der Waals surface area contributed by atoms with Crippen molar-refractivity contribution >= 4 is 29.2 Å². The first-order valence-electron chi connectivity index (χ1n) is 10.8. The summed E-state index contributed by atoms with van der Waals surface area (Å²) < 4.78 is 2.15. The van der Waals surface area contributed by atoms with Crippen molar-refractivity contribution in [3.05, 3.63) is 88.7 Å². The number of aromatic nitrogens is 1. The second-order valence-corrected chi connectivity index (χ2v) is 8.30. The summed E-state index contributed by atoms with van der Waals surface area (Å²) in [4.78, 5) is 29.7. The van der Waals surface area contributed by atoms with Crippen LogP contribution < -0.4 is 5.32 Å². The lowest BCUT2D eigenvalue weighted by atomic mass is 9.99. The maximum Gasteiger partial charge on any atom is 0.322 e. The molecular formula is C25H27ClN4O2. The van der Waals surface area contributed by atoms with E-state index >= 15 is 0 Å². The molecule has 6 nitrogen and oxygen atoms in total. The first kappa shape index (κ1) is 22.0. The quantitative estimate of drug-likeness (QED) is 0.598. The molecule has 0 saturated carbocycles. The Morgan fingerprint density at radius 1 is 1.06 bits per heavy atom. The number of aryl methyl sites for hydroxylation is 1. The summed E-state index contributed by atoms with van der Waals surface area (Å²) in [5.41, 5.74) is 3.62. The molecule has 0 bridgehead atoms. The molecule has 166 valence electrons. The van der Waals surface area contributed by atoms with Gasteiger partial charge in [-0.05, 0) is 49.2 Å². The number of amides is 3. The van der Waals surface area contributed by atoms with Gasteiger partial charge in [0.15, 0.2) is 0 Å². The molecular weight excluding hydrogens is 424 g/mol. The van der Waals surface area contributed by atoms with Crippen molar-refractivity contribution < 1.29 is 9.59 Å². The average Bonchev–Trinajstić information content (AvgIpc) is 3.27. The zero-order chi connectivity index (χ0) is 22.7. The van der Waals surface area contributed by atoms with E-state index in [0.717, 1.165) is 22.5 Å². The van der Waals surface area contributed by atoms with Crippen LogP contribution in [0.4, 0.5) is 10.5 Å². The lowest BCUT2D eigenvalue weighted by Gasteiger charge is -2.38. The Morgan fingerprint density at radius 2 is 1.81 bits per heavy atom. The van der Waals surface area contributed by atoms with E-state index in [4.69, 9.17) is 11.6 Å². The maximum atomic E-state index is 13.5. The van der Waals surface area contributed by atoms with E-state index in [2.05, 4.69) is 9.88 Å². The molecule has 0 radical (unpaired) electrons. The van der Waals surface area contributed by atoms with Crippen LogP contribution in [0.1, 0.15) is 29.8 Å². The highest BCUT2D eigenvalue weighted by atomic mass is 35.5. The number of hydrogen-bond acceptors (Lipinski definition) is 2. The Morgan fingerprint density at radius 3 is 2.56 bits per heavy atom. The van der Waals surface area contributed by atoms with E-state index in [1.54, 1.807) is 0 Å². The number of hydrogen-bond donors (Lipinski definition) is 1. The molecule has 4 rings (SSSR count). The van der Waals surface area contributed by atoms with Gasteiger partial charge in [-0.15, -0.1) is 0 Å². The Kier molecular flexibility index (Phi) is 6.51. The van der Waals surface area contributed by atoms with Crippen molar-refractivity contribution in [2.24, 2.45) is 0 Å². The number of nitrogens with zero attached hydrogens (tertiary/aromatic N) is 3. The molecule has 1 atom stereocenters. The zero-order valence-electron chi connectivity index (χ0n) is 18.3. The molecule has 1 unspecified atom stereocenters. The van der Waals surface area contributed by atoms with Gasteiger partial charge in [-0.3, -0.25) is 4.79 Å². The fourth-order valence-corrected chi connectivity index (χ4v) is 4.40. The highest BCUT2D eigenvalue weighted by Gasteiger charge is 2.34. The Bertz CT molecular complexity index is 1130. The number of fused-ring (bicyclic) bond motifs is 1. The van der Waals surface area contributed by atoms with Crippen LogP contribution in [0.5, 0.6) is 0 Å². The maximum absolute atomic E-state index is 13.5. The first-order valence-corrected chi connectivity index (χ1v) is 11.2. The van der Waals surface area contributed by atoms with Crippen molar-refractivity contribution in [3.8, 4) is 0 Å². The van der Waals surface area contributed by atoms with Gasteiger partial charge in [0.1, 0.15) is 6.54 Å². The number of likely N-dealkylation sites (N-methyl/N-ethyl adjacent to an activating group) is 1. The molecule has 3 aromatic rings. The van der Waals surface area contributed by atoms with E-state index in [-0.39, 0.29) is 24.5 Å². The summed E-state index contributed by atoms with van der Waals surface area (Å²) in [7, 11) is 0. The molecule has 1 aliphatic rings. The van der Waals surface area contributed by atoms with E-state index in [0.29, 0.717) is 24.7 Å². The molecule has 1 aliphatic heterocycles. The molecule has 0 saturated heterocycles. The van der Waals surface area contributed by atoms with Gasteiger partial charge < -0.3 is 19.7 Å². The normalized spacial score (nSPS) is 15.2. The number of benzene rings is 2. The summed E-state index contributed by atoms with van der Waals surface area (Å²) in [5.74, 6) is -0.107. The zero-order valence-corrected chi connectivity index (χ0v) is 19.0. The summed E-state index contributed by atoms with van der Waals surface area (Å²) in [6, 6.07) is 18.6. The van der Waals surface area contributed by atoms with Crippen molar-refractivity contribution in [3.63, 3.8) is 0 Å². The second kappa shape index (κ2) is 9.49. The predicted molar refractivity (Wildman–Crippen MR) is 127 cm³/mol. The number of anilines is 1. The van der Waals surface area contributed by atoms with Crippen molar-refractivity contribution in [1.29, 1.82) is 0 Å². The molecule has 32 heavy (non-hydrogen) atoms. The number of rotatable bonds is 5. The van der Waals surface area contributed by atoms with Crippen LogP contribution in [0.15, 0.2) is 66.9 Å². The molecule has 1 N–H and O–H groups in total. The molecule has 2 aromatic carbocycles. The third kappa shape index (κ3) is 4.36. The predicted octanol–water partition coefficient (Wildman–Crippen LogP) is 4.94. The fourth-order valence-electron chi connectivity index (χ4n) is 4.16. The van der Waals surface area contributed by atoms with Gasteiger partial charge in [0.25, 0.3) is 0 Å². The van der Waals surface area contributed by atoms with Crippen LogP contribution in [0.3, 0.4) is 0 Å². The smallest absolute Gasteiger partial charge is 0.322 e. The van der Waals surface area contributed by atoms with Crippen LogP contribution in [0.2, 0.25) is 5.02 Å². The van der Waals surface area contributed by atoms with Gasteiger partial charge in [0.05, 0.1) is 6.04 Å². The topological polar surface area (TPSA) is 57.6 Å². The standard InChI is InChI=1S/C25H27ClN4O2/c1-3-28(25(32)27-21-12-7-4-9-18(21)2)17-23(31)30-16-15-29-14-8-13-22(29)24(30)19-10-5-6-11-20(19)26/h4-14,24H,3,15-17H2,1-2H3,(H,27,32). The molecule has 0 aliphatic carbocycles. The Labute approximate surface area is 193 Å². The van der Waals surface area contributed by atoms with Crippen molar-refractivity contribution in [2.45, 2.75) is 26.4 Å². The van der Waals surface area contributed by atoms with Crippen LogP contribution in [0, 0.1) is 6.92 Å². The van der Waals surface area contributed by atoms with Gasteiger partial charge in [-0.2, -0.15) is 0 Å². The third-order valence-corrected chi connectivity index (χ3v) is 6.28. The van der Waals surface area contributed by atoms with E-state index < -0.39 is 0 Å². The van der Waals surface area contributed by atoms with Gasteiger partial charge in [-0.1, -0.05) is 48.0 Å². The fraction of sp³-hybridized carbons (Fsp3) is 0.280. The number of carbonyl (C=O) groups is 2. The van der Waals surface area contributed by atoms with E-state index in [1.165, 1.54) is 4.90 Å². The molecule has 3 amide bonds. The minimum absolute atomic E-state index is 0.00409. The number of halogens is 1. The van der Waals surface area contributed by atoms with Crippen molar-refractivity contribution in [2.75, 3.05) is 25.0 Å². The molecule has 1 aromatic heterocycles. The lowest BCUT2D eigenvalue weighted by Crippen LogP contribution is -2.48. The number of carbonyl (C=O) groups excluding carboxylic acids is 2. The van der Waals surface area contributed by atoms with Gasteiger partial charge in [0, 0.05) is 42.2 Å². The van der Waals surface area contributed by atoms with Crippen LogP contribution >= 0.6 is 11.6 Å². The summed E-state index contributed by atoms with van der Waals surface area (Å²) in [6.07, 6.45) is 2.02. The average molecular weight is 451 g/mol. The lowest BCUT2D eigenvalue weighted by molar-refractivity contribution is -0.134. The van der Waals surface area contributed by atoms with Gasteiger partial charge in [0.2, 0.25) is 5.91 Å². The Hall–Kier alpha value is -3.25.